The summed E-state index contributed by atoms with van der Waals surface area (Å²) in [5.41, 5.74) is 2.32. The van der Waals surface area contributed by atoms with E-state index in [-0.39, 0.29) is 6.54 Å². The lowest BCUT2D eigenvalue weighted by molar-refractivity contribution is -0.147. The summed E-state index contributed by atoms with van der Waals surface area (Å²) in [5, 5.41) is 14.5. The quantitative estimate of drug-likeness (QED) is 0.792. The monoisotopic (exact) mass is 307 g/mol. The fraction of sp³-hybridized carbons (Fsp3) is 0.357. The number of carbonyl (C=O) groups is 2. The van der Waals surface area contributed by atoms with Gasteiger partial charge in [0.05, 0.1) is 21.1 Å². The van der Waals surface area contributed by atoms with Crippen LogP contribution in [0.1, 0.15) is 20.3 Å². The predicted molar refractivity (Wildman–Crippen MR) is 82.7 cm³/mol. The SMILES string of the molecule is CCC(C)(CNC(=O)Nc1ccc2ncsc2c1)C(=O)O. The van der Waals surface area contributed by atoms with Gasteiger partial charge in [-0.1, -0.05) is 6.92 Å². The van der Waals surface area contributed by atoms with E-state index in [1.165, 1.54) is 11.3 Å². The summed E-state index contributed by atoms with van der Waals surface area (Å²) in [7, 11) is 0. The van der Waals surface area contributed by atoms with Gasteiger partial charge in [-0.25, -0.2) is 9.78 Å². The summed E-state index contributed by atoms with van der Waals surface area (Å²) in [4.78, 5) is 27.2. The van der Waals surface area contributed by atoms with Gasteiger partial charge in [-0.15, -0.1) is 11.3 Å². The van der Waals surface area contributed by atoms with E-state index in [2.05, 4.69) is 15.6 Å². The molecule has 7 heteroatoms. The van der Waals surface area contributed by atoms with Gasteiger partial charge in [-0.2, -0.15) is 0 Å². The second-order valence-electron chi connectivity index (χ2n) is 5.06. The highest BCUT2D eigenvalue weighted by Gasteiger charge is 2.31. The molecule has 1 aromatic carbocycles. The van der Waals surface area contributed by atoms with Crippen LogP contribution in [0, 0.1) is 5.41 Å². The molecule has 2 amide bonds. The molecule has 0 fully saturated rings. The van der Waals surface area contributed by atoms with Crippen molar-refractivity contribution in [3.8, 4) is 0 Å². The zero-order valence-electron chi connectivity index (χ0n) is 11.8. The molecule has 2 rings (SSSR count). The Morgan fingerprint density at radius 2 is 2.19 bits per heavy atom. The number of aromatic nitrogens is 1. The summed E-state index contributed by atoms with van der Waals surface area (Å²) in [6.07, 6.45) is 0.440. The predicted octanol–water partition coefficient (Wildman–Crippen LogP) is 2.92. The average molecular weight is 307 g/mol. The summed E-state index contributed by atoms with van der Waals surface area (Å²) >= 11 is 1.49. The maximum atomic E-state index is 11.8. The molecule has 112 valence electrons. The molecule has 0 aliphatic rings. The number of fused-ring (bicyclic) bond motifs is 1. The zero-order valence-corrected chi connectivity index (χ0v) is 12.7. The molecule has 6 nitrogen and oxygen atoms in total. The first-order valence-corrected chi connectivity index (χ1v) is 7.44. The number of anilines is 1. The van der Waals surface area contributed by atoms with Crippen molar-refractivity contribution in [3.05, 3.63) is 23.7 Å². The van der Waals surface area contributed by atoms with Crippen LogP contribution in [0.2, 0.25) is 0 Å². The second-order valence-corrected chi connectivity index (χ2v) is 5.95. The lowest BCUT2D eigenvalue weighted by Crippen LogP contribution is -2.42. The Hall–Kier alpha value is -2.15. The highest BCUT2D eigenvalue weighted by molar-refractivity contribution is 7.16. The maximum absolute atomic E-state index is 11.8. The van der Waals surface area contributed by atoms with Crippen LogP contribution >= 0.6 is 11.3 Å². The number of urea groups is 1. The molecule has 0 aliphatic carbocycles. The molecule has 0 saturated heterocycles. The number of nitrogens with one attached hydrogen (secondary N) is 2. The molecule has 0 bridgehead atoms. The fourth-order valence-electron chi connectivity index (χ4n) is 1.74. The van der Waals surface area contributed by atoms with Gasteiger partial charge in [0.1, 0.15) is 0 Å². The maximum Gasteiger partial charge on any atom is 0.319 e. The topological polar surface area (TPSA) is 91.3 Å². The number of amides is 2. The minimum absolute atomic E-state index is 0.0769. The van der Waals surface area contributed by atoms with Gasteiger partial charge in [-0.05, 0) is 31.5 Å². The molecule has 0 radical (unpaired) electrons. The molecule has 0 aliphatic heterocycles. The molecule has 3 N–H and O–H groups in total. The van der Waals surface area contributed by atoms with Crippen LogP contribution in [-0.4, -0.2) is 28.6 Å². The van der Waals surface area contributed by atoms with Gasteiger partial charge in [0.15, 0.2) is 0 Å². The summed E-state index contributed by atoms with van der Waals surface area (Å²) < 4.78 is 0.983. The van der Waals surface area contributed by atoms with Crippen LogP contribution in [0.3, 0.4) is 0 Å². The third kappa shape index (κ3) is 3.49. The van der Waals surface area contributed by atoms with E-state index in [1.807, 2.05) is 12.1 Å². The molecule has 0 spiro atoms. The van der Waals surface area contributed by atoms with Gasteiger partial charge in [0.25, 0.3) is 0 Å². The first kappa shape index (κ1) is 15.2. The Bertz CT molecular complexity index is 670. The third-order valence-corrected chi connectivity index (χ3v) is 4.32. The van der Waals surface area contributed by atoms with Gasteiger partial charge >= 0.3 is 12.0 Å². The van der Waals surface area contributed by atoms with Crippen LogP contribution in [0.5, 0.6) is 0 Å². The molecule has 1 aromatic heterocycles. The van der Waals surface area contributed by atoms with Gasteiger partial charge in [-0.3, -0.25) is 4.79 Å². The molecule has 21 heavy (non-hydrogen) atoms. The smallest absolute Gasteiger partial charge is 0.319 e. The van der Waals surface area contributed by atoms with Crippen molar-refractivity contribution in [2.45, 2.75) is 20.3 Å². The number of hydrogen-bond acceptors (Lipinski definition) is 4. The van der Waals surface area contributed by atoms with Crippen molar-refractivity contribution in [2.24, 2.45) is 5.41 Å². The normalized spacial score (nSPS) is 13.6. The Morgan fingerprint density at radius 1 is 1.43 bits per heavy atom. The molecule has 1 unspecified atom stereocenters. The molecule has 1 heterocycles. The fourth-order valence-corrected chi connectivity index (χ4v) is 2.45. The van der Waals surface area contributed by atoms with E-state index in [9.17, 15) is 9.59 Å². The zero-order chi connectivity index (χ0) is 15.5. The molecular weight excluding hydrogens is 290 g/mol. The van der Waals surface area contributed by atoms with Crippen LogP contribution in [0.4, 0.5) is 10.5 Å². The van der Waals surface area contributed by atoms with E-state index in [0.717, 1.165) is 10.2 Å². The van der Waals surface area contributed by atoms with Crippen molar-refractivity contribution < 1.29 is 14.7 Å². The highest BCUT2D eigenvalue weighted by atomic mass is 32.1. The van der Waals surface area contributed by atoms with Gasteiger partial charge in [0.2, 0.25) is 0 Å². The number of hydrogen-bond donors (Lipinski definition) is 3. The summed E-state index contributed by atoms with van der Waals surface area (Å²) in [6, 6.07) is 5.01. The van der Waals surface area contributed by atoms with Crippen LogP contribution in [0.25, 0.3) is 10.2 Å². The first-order chi connectivity index (χ1) is 9.94. The lowest BCUT2D eigenvalue weighted by atomic mass is 9.88. The highest BCUT2D eigenvalue weighted by Crippen LogP contribution is 2.22. The van der Waals surface area contributed by atoms with Crippen LogP contribution in [-0.2, 0) is 4.79 Å². The number of carboxylic acids is 1. The lowest BCUT2D eigenvalue weighted by Gasteiger charge is -2.23. The molecular formula is C14H17N3O3S. The third-order valence-electron chi connectivity index (χ3n) is 3.52. The molecule has 1 atom stereocenters. The van der Waals surface area contributed by atoms with E-state index < -0.39 is 17.4 Å². The number of thiazole rings is 1. The standard InChI is InChI=1S/C14H17N3O3S/c1-3-14(2,12(18)19)7-15-13(20)17-9-4-5-10-11(6-9)21-8-16-10/h4-6,8H,3,7H2,1-2H3,(H,18,19)(H2,15,17,20). The average Bonchev–Trinajstić information content (AvgIpc) is 2.92. The largest absolute Gasteiger partial charge is 0.481 e. The summed E-state index contributed by atoms with van der Waals surface area (Å²) in [5.74, 6) is -0.920. The Balaban J connectivity index is 1.96. The van der Waals surface area contributed by atoms with Crippen LogP contribution < -0.4 is 10.6 Å². The Morgan fingerprint density at radius 3 is 2.86 bits per heavy atom. The molecule has 2 aromatic rings. The van der Waals surface area contributed by atoms with E-state index >= 15 is 0 Å². The number of benzene rings is 1. The van der Waals surface area contributed by atoms with Crippen LogP contribution in [0.15, 0.2) is 23.7 Å². The first-order valence-electron chi connectivity index (χ1n) is 6.56. The minimum Gasteiger partial charge on any atom is -0.481 e. The van der Waals surface area contributed by atoms with Crippen molar-refractivity contribution in [3.63, 3.8) is 0 Å². The second kappa shape index (κ2) is 6.09. The summed E-state index contributed by atoms with van der Waals surface area (Å²) in [6.45, 7) is 3.47. The van der Waals surface area contributed by atoms with E-state index in [0.29, 0.717) is 12.1 Å². The van der Waals surface area contributed by atoms with Crippen molar-refractivity contribution in [1.82, 2.24) is 10.3 Å². The number of rotatable bonds is 5. The van der Waals surface area contributed by atoms with Gasteiger partial charge in [0, 0.05) is 12.2 Å². The Kier molecular flexibility index (Phi) is 4.42. The number of carbonyl (C=O) groups excluding carboxylic acids is 1. The van der Waals surface area contributed by atoms with Crippen molar-refractivity contribution >= 4 is 39.2 Å². The van der Waals surface area contributed by atoms with Crippen molar-refractivity contribution in [2.75, 3.05) is 11.9 Å². The number of carboxylic acid groups (broad SMARTS) is 1. The molecule has 0 saturated carbocycles. The Labute approximate surface area is 126 Å². The minimum atomic E-state index is -0.959. The van der Waals surface area contributed by atoms with Crippen molar-refractivity contribution in [1.29, 1.82) is 0 Å². The van der Waals surface area contributed by atoms with Gasteiger partial charge < -0.3 is 15.7 Å². The number of nitrogens with zero attached hydrogens (tertiary/aromatic N) is 1. The number of aliphatic carboxylic acids is 1. The van der Waals surface area contributed by atoms with E-state index in [1.54, 1.807) is 25.4 Å². The van der Waals surface area contributed by atoms with E-state index in [4.69, 9.17) is 5.11 Å².